The summed E-state index contributed by atoms with van der Waals surface area (Å²) in [6, 6.07) is 14.9. The molecule has 112 valence electrons. The molecule has 0 aliphatic rings. The van der Waals surface area contributed by atoms with E-state index in [1.165, 1.54) is 11.1 Å². The molecule has 0 aliphatic carbocycles. The molecule has 2 atom stereocenters. The molecule has 3 nitrogen and oxygen atoms in total. The van der Waals surface area contributed by atoms with Crippen LogP contribution >= 0.6 is 0 Å². The second-order valence-electron chi connectivity index (χ2n) is 5.55. The van der Waals surface area contributed by atoms with Crippen LogP contribution in [-0.2, 0) is 6.54 Å². The third-order valence-electron chi connectivity index (χ3n) is 3.66. The lowest BCUT2D eigenvalue weighted by Crippen LogP contribution is -2.39. The average molecular weight is 283 g/mol. The average Bonchev–Trinajstić information content (AvgIpc) is 2.49. The van der Waals surface area contributed by atoms with Crippen LogP contribution < -0.4 is 5.73 Å². The molecule has 3 heteroatoms. The first-order valence-corrected chi connectivity index (χ1v) is 7.66. The van der Waals surface area contributed by atoms with Crippen LogP contribution in [0.2, 0.25) is 0 Å². The Labute approximate surface area is 127 Å². The minimum absolute atomic E-state index is 0.0597. The standard InChI is InChI=1S/C18H25N3/c1-3-12-21(14-16-8-5-4-6-9-16)18(15(2)19)17-10-7-11-20-13-17/h4-11,13,15,18H,3,12,14,19H2,1-2H3. The van der Waals surface area contributed by atoms with Gasteiger partial charge in [0.15, 0.2) is 0 Å². The molecule has 21 heavy (non-hydrogen) atoms. The second-order valence-corrected chi connectivity index (χ2v) is 5.55. The summed E-state index contributed by atoms with van der Waals surface area (Å²) < 4.78 is 0. The summed E-state index contributed by atoms with van der Waals surface area (Å²) >= 11 is 0. The summed E-state index contributed by atoms with van der Waals surface area (Å²) in [6.07, 6.45) is 4.85. The minimum atomic E-state index is 0.0597. The topological polar surface area (TPSA) is 42.2 Å². The van der Waals surface area contributed by atoms with E-state index in [0.717, 1.165) is 19.5 Å². The van der Waals surface area contributed by atoms with Gasteiger partial charge in [-0.05, 0) is 37.1 Å². The van der Waals surface area contributed by atoms with E-state index in [9.17, 15) is 0 Å². The molecule has 0 spiro atoms. The normalized spacial score (nSPS) is 14.1. The van der Waals surface area contributed by atoms with Crippen molar-refractivity contribution in [2.75, 3.05) is 6.54 Å². The van der Waals surface area contributed by atoms with E-state index in [0.29, 0.717) is 0 Å². The molecule has 2 aromatic rings. The van der Waals surface area contributed by atoms with Crippen molar-refractivity contribution < 1.29 is 0 Å². The van der Waals surface area contributed by atoms with Crippen LogP contribution in [0.15, 0.2) is 54.9 Å². The molecule has 0 bridgehead atoms. The SMILES string of the molecule is CCCN(Cc1ccccc1)C(c1cccnc1)C(C)N. The van der Waals surface area contributed by atoms with Gasteiger partial charge in [-0.1, -0.05) is 43.3 Å². The highest BCUT2D eigenvalue weighted by molar-refractivity contribution is 5.19. The van der Waals surface area contributed by atoms with Crippen molar-refractivity contribution >= 4 is 0 Å². The van der Waals surface area contributed by atoms with Crippen LogP contribution in [0.1, 0.15) is 37.4 Å². The monoisotopic (exact) mass is 283 g/mol. The summed E-state index contributed by atoms with van der Waals surface area (Å²) in [4.78, 5) is 6.71. The molecule has 2 rings (SSSR count). The maximum absolute atomic E-state index is 6.28. The van der Waals surface area contributed by atoms with E-state index in [1.807, 2.05) is 18.5 Å². The Morgan fingerprint density at radius 3 is 2.48 bits per heavy atom. The molecular weight excluding hydrogens is 258 g/mol. The van der Waals surface area contributed by atoms with Crippen LogP contribution in [0.3, 0.4) is 0 Å². The first-order chi connectivity index (χ1) is 10.2. The van der Waals surface area contributed by atoms with E-state index in [2.05, 4.69) is 60.1 Å². The molecule has 0 radical (unpaired) electrons. The van der Waals surface area contributed by atoms with E-state index < -0.39 is 0 Å². The van der Waals surface area contributed by atoms with Crippen molar-refractivity contribution in [3.63, 3.8) is 0 Å². The highest BCUT2D eigenvalue weighted by Gasteiger charge is 2.23. The van der Waals surface area contributed by atoms with Gasteiger partial charge in [-0.2, -0.15) is 0 Å². The molecular formula is C18H25N3. The smallest absolute Gasteiger partial charge is 0.0515 e. The number of benzene rings is 1. The Hall–Kier alpha value is -1.71. The lowest BCUT2D eigenvalue weighted by atomic mass is 9.99. The van der Waals surface area contributed by atoms with Gasteiger partial charge in [0.1, 0.15) is 0 Å². The minimum Gasteiger partial charge on any atom is -0.326 e. The molecule has 0 saturated heterocycles. The van der Waals surface area contributed by atoms with E-state index in [-0.39, 0.29) is 12.1 Å². The maximum Gasteiger partial charge on any atom is 0.0515 e. The summed E-state index contributed by atoms with van der Waals surface area (Å²) in [7, 11) is 0. The zero-order valence-electron chi connectivity index (χ0n) is 12.9. The fourth-order valence-electron chi connectivity index (χ4n) is 2.82. The van der Waals surface area contributed by atoms with Gasteiger partial charge in [0.05, 0.1) is 6.04 Å². The van der Waals surface area contributed by atoms with E-state index in [1.54, 1.807) is 0 Å². The predicted molar refractivity (Wildman–Crippen MR) is 87.8 cm³/mol. The van der Waals surface area contributed by atoms with Gasteiger partial charge in [-0.15, -0.1) is 0 Å². The number of rotatable bonds is 7. The Morgan fingerprint density at radius 2 is 1.90 bits per heavy atom. The first-order valence-electron chi connectivity index (χ1n) is 7.66. The Morgan fingerprint density at radius 1 is 1.14 bits per heavy atom. The molecule has 0 fully saturated rings. The van der Waals surface area contributed by atoms with E-state index >= 15 is 0 Å². The zero-order valence-corrected chi connectivity index (χ0v) is 12.9. The molecule has 2 N–H and O–H groups in total. The highest BCUT2D eigenvalue weighted by Crippen LogP contribution is 2.25. The van der Waals surface area contributed by atoms with E-state index in [4.69, 9.17) is 5.73 Å². The summed E-state index contributed by atoms with van der Waals surface area (Å²) in [5, 5.41) is 0. The van der Waals surface area contributed by atoms with Gasteiger partial charge in [-0.3, -0.25) is 9.88 Å². The van der Waals surface area contributed by atoms with Gasteiger partial charge < -0.3 is 5.73 Å². The fourth-order valence-corrected chi connectivity index (χ4v) is 2.82. The fraction of sp³-hybridized carbons (Fsp3) is 0.389. The van der Waals surface area contributed by atoms with Crippen LogP contribution in [0.4, 0.5) is 0 Å². The van der Waals surface area contributed by atoms with Gasteiger partial charge in [-0.25, -0.2) is 0 Å². The second kappa shape index (κ2) is 7.91. The molecule has 1 aromatic carbocycles. The Bertz CT molecular complexity index is 511. The van der Waals surface area contributed by atoms with Crippen LogP contribution in [-0.4, -0.2) is 22.5 Å². The summed E-state index contributed by atoms with van der Waals surface area (Å²) in [5.74, 6) is 0. The number of hydrogen-bond acceptors (Lipinski definition) is 3. The van der Waals surface area contributed by atoms with Crippen molar-refractivity contribution in [3.8, 4) is 0 Å². The van der Waals surface area contributed by atoms with Crippen molar-refractivity contribution in [3.05, 3.63) is 66.0 Å². The maximum atomic E-state index is 6.28. The number of nitrogens with zero attached hydrogens (tertiary/aromatic N) is 2. The molecule has 0 saturated carbocycles. The molecule has 0 aliphatic heterocycles. The number of hydrogen-bond donors (Lipinski definition) is 1. The van der Waals surface area contributed by atoms with Crippen LogP contribution in [0, 0.1) is 0 Å². The van der Waals surface area contributed by atoms with Gasteiger partial charge in [0.25, 0.3) is 0 Å². The van der Waals surface area contributed by atoms with Crippen molar-refractivity contribution in [2.24, 2.45) is 5.73 Å². The lowest BCUT2D eigenvalue weighted by Gasteiger charge is -2.34. The highest BCUT2D eigenvalue weighted by atomic mass is 15.2. The summed E-state index contributed by atoms with van der Waals surface area (Å²) in [5.41, 5.74) is 8.80. The van der Waals surface area contributed by atoms with Crippen molar-refractivity contribution in [1.29, 1.82) is 0 Å². The third-order valence-corrected chi connectivity index (χ3v) is 3.66. The Kier molecular flexibility index (Phi) is 5.90. The van der Waals surface area contributed by atoms with Crippen LogP contribution in [0.5, 0.6) is 0 Å². The molecule has 2 unspecified atom stereocenters. The van der Waals surface area contributed by atoms with Gasteiger partial charge in [0.2, 0.25) is 0 Å². The molecule has 0 amide bonds. The lowest BCUT2D eigenvalue weighted by molar-refractivity contribution is 0.167. The largest absolute Gasteiger partial charge is 0.326 e. The van der Waals surface area contributed by atoms with Crippen molar-refractivity contribution in [2.45, 2.75) is 38.9 Å². The van der Waals surface area contributed by atoms with Gasteiger partial charge in [0, 0.05) is 25.0 Å². The van der Waals surface area contributed by atoms with Gasteiger partial charge >= 0.3 is 0 Å². The molecule has 1 heterocycles. The number of pyridine rings is 1. The first kappa shape index (κ1) is 15.7. The third kappa shape index (κ3) is 4.38. The quantitative estimate of drug-likeness (QED) is 0.847. The summed E-state index contributed by atoms with van der Waals surface area (Å²) in [6.45, 7) is 6.22. The predicted octanol–water partition coefficient (Wildman–Crippen LogP) is 3.38. The number of nitrogens with two attached hydrogens (primary N) is 1. The van der Waals surface area contributed by atoms with Crippen LogP contribution in [0.25, 0.3) is 0 Å². The Balaban J connectivity index is 2.25. The molecule has 1 aromatic heterocycles. The van der Waals surface area contributed by atoms with Crippen molar-refractivity contribution in [1.82, 2.24) is 9.88 Å². The number of aromatic nitrogens is 1. The zero-order chi connectivity index (χ0) is 15.1.